The average Bonchev–Trinajstić information content (AvgIpc) is 2.47. The number of hydrogen-bond acceptors (Lipinski definition) is 3. The summed E-state index contributed by atoms with van der Waals surface area (Å²) in [6.45, 7) is 0. The van der Waals surface area contributed by atoms with Gasteiger partial charge in [0.2, 0.25) is 0 Å². The van der Waals surface area contributed by atoms with E-state index in [0.29, 0.717) is 21.6 Å². The van der Waals surface area contributed by atoms with E-state index in [2.05, 4.69) is 15.3 Å². The highest BCUT2D eigenvalue weighted by atomic mass is 35.5. The van der Waals surface area contributed by atoms with E-state index in [1.807, 2.05) is 30.5 Å². The minimum atomic E-state index is 0.500. The second-order valence-corrected chi connectivity index (χ2v) is 5.12. The largest absolute Gasteiger partial charge is 0.372 e. The topological polar surface area (TPSA) is 37.8 Å². The Hall–Kier alpha value is -1.84. The highest BCUT2D eigenvalue weighted by Crippen LogP contribution is 2.35. The predicted octanol–water partition coefficient (Wildman–Crippen LogP) is 4.65. The fourth-order valence-electron chi connectivity index (χ4n) is 2.15. The fourth-order valence-corrected chi connectivity index (χ4v) is 2.71. The quantitative estimate of drug-likeness (QED) is 0.749. The van der Waals surface area contributed by atoms with Crippen molar-refractivity contribution in [2.24, 2.45) is 0 Å². The summed E-state index contributed by atoms with van der Waals surface area (Å²) >= 11 is 12.4. The van der Waals surface area contributed by atoms with Gasteiger partial charge < -0.3 is 5.32 Å². The van der Waals surface area contributed by atoms with Crippen molar-refractivity contribution in [3.05, 3.63) is 52.8 Å². The first-order chi connectivity index (χ1) is 9.70. The Balaban J connectivity index is 2.31. The summed E-state index contributed by atoms with van der Waals surface area (Å²) < 4.78 is 0. The first-order valence-corrected chi connectivity index (χ1v) is 6.83. The Morgan fingerprint density at radius 2 is 1.95 bits per heavy atom. The Morgan fingerprint density at radius 3 is 2.75 bits per heavy atom. The van der Waals surface area contributed by atoms with Gasteiger partial charge in [-0.25, -0.2) is 4.98 Å². The number of hydrogen-bond donors (Lipinski definition) is 1. The molecule has 0 fully saturated rings. The van der Waals surface area contributed by atoms with Gasteiger partial charge in [-0.05, 0) is 17.5 Å². The van der Waals surface area contributed by atoms with Crippen molar-refractivity contribution in [1.29, 1.82) is 0 Å². The van der Waals surface area contributed by atoms with E-state index in [4.69, 9.17) is 23.2 Å². The van der Waals surface area contributed by atoms with Crippen LogP contribution >= 0.6 is 23.2 Å². The first-order valence-electron chi connectivity index (χ1n) is 6.07. The number of fused-ring (bicyclic) bond motifs is 1. The van der Waals surface area contributed by atoms with E-state index in [1.165, 1.54) is 0 Å². The number of anilines is 1. The zero-order valence-electron chi connectivity index (χ0n) is 10.7. The van der Waals surface area contributed by atoms with Crippen LogP contribution in [0.25, 0.3) is 22.0 Å². The molecule has 2 aromatic heterocycles. The van der Waals surface area contributed by atoms with Crippen LogP contribution in [-0.4, -0.2) is 17.0 Å². The third-order valence-electron chi connectivity index (χ3n) is 3.11. The summed E-state index contributed by atoms with van der Waals surface area (Å²) in [5, 5.41) is 6.08. The van der Waals surface area contributed by atoms with Gasteiger partial charge in [-0.15, -0.1) is 0 Å². The maximum absolute atomic E-state index is 6.30. The van der Waals surface area contributed by atoms with Crippen molar-refractivity contribution in [2.75, 3.05) is 12.4 Å². The van der Waals surface area contributed by atoms with Crippen molar-refractivity contribution in [3.63, 3.8) is 0 Å². The van der Waals surface area contributed by atoms with Crippen molar-refractivity contribution in [1.82, 2.24) is 9.97 Å². The molecule has 3 rings (SSSR count). The average molecular weight is 304 g/mol. The van der Waals surface area contributed by atoms with Gasteiger partial charge in [0.1, 0.15) is 5.82 Å². The summed E-state index contributed by atoms with van der Waals surface area (Å²) in [6, 6.07) is 9.65. The van der Waals surface area contributed by atoms with E-state index in [0.717, 1.165) is 16.3 Å². The minimum Gasteiger partial charge on any atom is -0.372 e. The molecular weight excluding hydrogens is 293 g/mol. The van der Waals surface area contributed by atoms with Crippen LogP contribution in [0.3, 0.4) is 0 Å². The van der Waals surface area contributed by atoms with Crippen LogP contribution in [0.15, 0.2) is 42.7 Å². The summed E-state index contributed by atoms with van der Waals surface area (Å²) in [5.74, 6) is 0.604. The molecule has 100 valence electrons. The molecule has 1 aromatic carbocycles. The second kappa shape index (κ2) is 5.27. The minimum absolute atomic E-state index is 0.500. The standard InChI is InChI=1S/C15H11Cl2N3/c1-18-15-13(17)7-12(16)14(20-15)10-4-2-3-9-5-6-19-8-11(9)10/h2-8H,1H3,(H,18,20). The Labute approximate surface area is 126 Å². The molecule has 20 heavy (non-hydrogen) atoms. The molecule has 0 aliphatic rings. The van der Waals surface area contributed by atoms with Crippen molar-refractivity contribution >= 4 is 39.8 Å². The molecule has 0 bridgehead atoms. The van der Waals surface area contributed by atoms with Crippen LogP contribution in [0.2, 0.25) is 10.0 Å². The van der Waals surface area contributed by atoms with Gasteiger partial charge in [-0.1, -0.05) is 41.4 Å². The SMILES string of the molecule is CNc1nc(-c2cccc3ccncc23)c(Cl)cc1Cl. The number of halogens is 2. The number of aromatic nitrogens is 2. The highest BCUT2D eigenvalue weighted by molar-refractivity contribution is 6.37. The molecule has 0 aliphatic carbocycles. The number of benzene rings is 1. The molecule has 0 unspecified atom stereocenters. The molecule has 3 nitrogen and oxygen atoms in total. The number of pyridine rings is 2. The van der Waals surface area contributed by atoms with Gasteiger partial charge in [0, 0.05) is 30.4 Å². The summed E-state index contributed by atoms with van der Waals surface area (Å²) in [4.78, 5) is 8.68. The zero-order chi connectivity index (χ0) is 14.1. The van der Waals surface area contributed by atoms with Crippen LogP contribution in [0.4, 0.5) is 5.82 Å². The van der Waals surface area contributed by atoms with Crippen LogP contribution in [-0.2, 0) is 0 Å². The molecule has 5 heteroatoms. The predicted molar refractivity (Wildman–Crippen MR) is 84.5 cm³/mol. The molecule has 0 saturated carbocycles. The summed E-state index contributed by atoms with van der Waals surface area (Å²) in [5.41, 5.74) is 1.63. The maximum atomic E-state index is 6.30. The molecule has 0 saturated heterocycles. The van der Waals surface area contributed by atoms with Crippen LogP contribution in [0.1, 0.15) is 0 Å². The van der Waals surface area contributed by atoms with E-state index in [-0.39, 0.29) is 0 Å². The third kappa shape index (κ3) is 2.19. The smallest absolute Gasteiger partial charge is 0.145 e. The summed E-state index contributed by atoms with van der Waals surface area (Å²) in [6.07, 6.45) is 3.58. The van der Waals surface area contributed by atoms with Gasteiger partial charge >= 0.3 is 0 Å². The molecule has 3 aromatic rings. The van der Waals surface area contributed by atoms with E-state index in [1.54, 1.807) is 19.3 Å². The first kappa shape index (κ1) is 13.2. The highest BCUT2D eigenvalue weighted by Gasteiger charge is 2.12. The van der Waals surface area contributed by atoms with E-state index < -0.39 is 0 Å². The van der Waals surface area contributed by atoms with Gasteiger partial charge in [0.15, 0.2) is 0 Å². The van der Waals surface area contributed by atoms with Crippen molar-refractivity contribution in [3.8, 4) is 11.3 Å². The maximum Gasteiger partial charge on any atom is 0.145 e. The summed E-state index contributed by atoms with van der Waals surface area (Å²) in [7, 11) is 1.77. The Kier molecular flexibility index (Phi) is 3.47. The van der Waals surface area contributed by atoms with Gasteiger partial charge in [0.25, 0.3) is 0 Å². The van der Waals surface area contributed by atoms with Crippen LogP contribution < -0.4 is 5.32 Å². The molecule has 0 atom stereocenters. The number of rotatable bonds is 2. The molecule has 1 N–H and O–H groups in total. The molecule has 0 radical (unpaired) electrons. The second-order valence-electron chi connectivity index (χ2n) is 4.30. The Bertz CT molecular complexity index is 782. The van der Waals surface area contributed by atoms with E-state index >= 15 is 0 Å². The van der Waals surface area contributed by atoms with Gasteiger partial charge in [-0.2, -0.15) is 0 Å². The van der Waals surface area contributed by atoms with E-state index in [9.17, 15) is 0 Å². The number of nitrogens with zero attached hydrogens (tertiary/aromatic N) is 2. The lowest BCUT2D eigenvalue weighted by Crippen LogP contribution is -1.96. The molecule has 2 heterocycles. The van der Waals surface area contributed by atoms with Gasteiger partial charge in [0.05, 0.1) is 15.7 Å². The lowest BCUT2D eigenvalue weighted by Gasteiger charge is -2.10. The molecule has 0 spiro atoms. The zero-order valence-corrected chi connectivity index (χ0v) is 12.2. The van der Waals surface area contributed by atoms with Crippen molar-refractivity contribution < 1.29 is 0 Å². The van der Waals surface area contributed by atoms with Crippen molar-refractivity contribution in [2.45, 2.75) is 0 Å². The normalized spacial score (nSPS) is 10.8. The van der Waals surface area contributed by atoms with Crippen LogP contribution in [0, 0.1) is 0 Å². The van der Waals surface area contributed by atoms with Crippen LogP contribution in [0.5, 0.6) is 0 Å². The Morgan fingerprint density at radius 1 is 1.10 bits per heavy atom. The molecule has 0 aliphatic heterocycles. The third-order valence-corrected chi connectivity index (χ3v) is 3.68. The lowest BCUT2D eigenvalue weighted by atomic mass is 10.0. The molecule has 0 amide bonds. The number of nitrogens with one attached hydrogen (secondary N) is 1. The fraction of sp³-hybridized carbons (Fsp3) is 0.0667. The molecular formula is C15H11Cl2N3. The monoisotopic (exact) mass is 303 g/mol. The lowest BCUT2D eigenvalue weighted by molar-refractivity contribution is 1.29. The van der Waals surface area contributed by atoms with Gasteiger partial charge in [-0.3, -0.25) is 4.98 Å².